The molecule has 69 heavy (non-hydrogen) atoms. The van der Waals surface area contributed by atoms with Crippen molar-refractivity contribution >= 4 is 75.8 Å². The minimum Gasteiger partial charge on any atom is -0.456 e. The molecule has 1 aromatic heterocycles. The van der Waals surface area contributed by atoms with Gasteiger partial charge in [0.25, 0.3) is 0 Å². The van der Waals surface area contributed by atoms with E-state index in [1.165, 1.54) is 121 Å². The average molecular weight is 875 g/mol. The average Bonchev–Trinajstić information content (AvgIpc) is 3.79. The molecule has 0 saturated carbocycles. The predicted molar refractivity (Wildman–Crippen MR) is 294 cm³/mol. The van der Waals surface area contributed by atoms with Crippen LogP contribution in [-0.2, 0) is 0 Å². The van der Waals surface area contributed by atoms with E-state index in [2.05, 4.69) is 249 Å². The zero-order chi connectivity index (χ0) is 45.4. The summed E-state index contributed by atoms with van der Waals surface area (Å²) in [7, 11) is 0. The molecular weight excluding hydrogens is 833 g/mol. The third kappa shape index (κ3) is 6.25. The molecule has 14 aromatic rings. The van der Waals surface area contributed by atoms with Crippen LogP contribution in [0.1, 0.15) is 0 Å². The van der Waals surface area contributed by atoms with Gasteiger partial charge in [-0.3, -0.25) is 0 Å². The highest BCUT2D eigenvalue weighted by Crippen LogP contribution is 2.48. The molecule has 0 radical (unpaired) electrons. The molecule has 0 aliphatic rings. The number of hydrogen-bond acceptors (Lipinski definition) is 1. The van der Waals surface area contributed by atoms with Crippen molar-refractivity contribution in [2.75, 3.05) is 0 Å². The molecule has 0 spiro atoms. The van der Waals surface area contributed by atoms with Gasteiger partial charge in [0.15, 0.2) is 0 Å². The number of benzene rings is 13. The molecule has 0 atom stereocenters. The highest BCUT2D eigenvalue weighted by molar-refractivity contribution is 6.23. The second-order valence-electron chi connectivity index (χ2n) is 18.2. The largest absolute Gasteiger partial charge is 0.456 e. The quantitative estimate of drug-likeness (QED) is 0.152. The standard InChI is InChI=1S/C68H42O/c1-2-18-44(19-3-1)65-53-24-6-10-28-57(53)67(58-29-11-7-25-54(58)65)48-21-16-20-47(41-48)51-39-37-43-17-4-5-22-50(43)64(51)45-33-35-46(36-34-45)66-55-26-8-12-30-59(55)68(60-31-13-9-27-56(60)66)49-38-40-63-61(42-49)52-23-14-15-32-62(52)69-63/h1-42H. The maximum atomic E-state index is 6.26. The summed E-state index contributed by atoms with van der Waals surface area (Å²) >= 11 is 0. The van der Waals surface area contributed by atoms with E-state index in [9.17, 15) is 0 Å². The van der Waals surface area contributed by atoms with Crippen molar-refractivity contribution in [3.8, 4) is 66.8 Å². The van der Waals surface area contributed by atoms with Crippen LogP contribution in [-0.4, -0.2) is 0 Å². The third-order valence-electron chi connectivity index (χ3n) is 14.4. The molecule has 0 unspecified atom stereocenters. The van der Waals surface area contributed by atoms with Gasteiger partial charge >= 0.3 is 0 Å². The van der Waals surface area contributed by atoms with Crippen molar-refractivity contribution in [2.24, 2.45) is 0 Å². The summed E-state index contributed by atoms with van der Waals surface area (Å²) in [6.07, 6.45) is 0. The Morgan fingerprint density at radius 2 is 0.565 bits per heavy atom. The molecule has 1 heterocycles. The van der Waals surface area contributed by atoms with Gasteiger partial charge < -0.3 is 4.42 Å². The van der Waals surface area contributed by atoms with Crippen LogP contribution in [0.5, 0.6) is 0 Å². The summed E-state index contributed by atoms with van der Waals surface area (Å²) < 4.78 is 6.26. The SMILES string of the molecule is c1ccc(-c2c3ccccc3c(-c3cccc(-c4ccc5ccccc5c4-c4ccc(-c5c6ccccc6c(-c6ccc7oc8ccccc8c7c6)c6ccccc56)cc4)c3)c3ccccc23)cc1. The van der Waals surface area contributed by atoms with Crippen LogP contribution in [0.3, 0.4) is 0 Å². The first-order chi connectivity index (χ1) is 34.2. The van der Waals surface area contributed by atoms with E-state index in [1.807, 2.05) is 6.07 Å². The monoisotopic (exact) mass is 874 g/mol. The molecule has 0 bridgehead atoms. The molecule has 320 valence electrons. The van der Waals surface area contributed by atoms with Crippen LogP contribution in [0.4, 0.5) is 0 Å². The number of fused-ring (bicyclic) bond motifs is 8. The Labute approximate surface area is 399 Å². The van der Waals surface area contributed by atoms with Crippen molar-refractivity contribution < 1.29 is 4.42 Å². The first-order valence-corrected chi connectivity index (χ1v) is 23.8. The first-order valence-electron chi connectivity index (χ1n) is 23.8. The van der Waals surface area contributed by atoms with Crippen LogP contribution in [0.15, 0.2) is 259 Å². The van der Waals surface area contributed by atoms with Gasteiger partial charge in [-0.2, -0.15) is 0 Å². The van der Waals surface area contributed by atoms with E-state index in [4.69, 9.17) is 4.42 Å². The fourth-order valence-electron chi connectivity index (χ4n) is 11.5. The topological polar surface area (TPSA) is 13.1 Å². The smallest absolute Gasteiger partial charge is 0.135 e. The summed E-state index contributed by atoms with van der Waals surface area (Å²) in [4.78, 5) is 0. The molecule has 1 nitrogen and oxygen atoms in total. The second-order valence-corrected chi connectivity index (χ2v) is 18.2. The van der Waals surface area contributed by atoms with Gasteiger partial charge in [0.1, 0.15) is 11.2 Å². The highest BCUT2D eigenvalue weighted by atomic mass is 16.3. The van der Waals surface area contributed by atoms with E-state index < -0.39 is 0 Å². The minimum absolute atomic E-state index is 0.906. The van der Waals surface area contributed by atoms with E-state index in [-0.39, 0.29) is 0 Å². The van der Waals surface area contributed by atoms with Gasteiger partial charge in [-0.25, -0.2) is 0 Å². The normalized spacial score (nSPS) is 11.8. The molecule has 1 heteroatoms. The lowest BCUT2D eigenvalue weighted by Crippen LogP contribution is -1.92. The Kier molecular flexibility index (Phi) is 8.97. The number of furan rings is 1. The molecule has 0 N–H and O–H groups in total. The lowest BCUT2D eigenvalue weighted by Gasteiger charge is -2.19. The number of rotatable bonds is 6. The second kappa shape index (κ2) is 15.8. The zero-order valence-corrected chi connectivity index (χ0v) is 37.7. The van der Waals surface area contributed by atoms with Crippen LogP contribution in [0.2, 0.25) is 0 Å². The molecule has 0 saturated heterocycles. The fourth-order valence-corrected chi connectivity index (χ4v) is 11.5. The minimum atomic E-state index is 0.906. The Hall–Kier alpha value is -9.04. The number of para-hydroxylation sites is 1. The van der Waals surface area contributed by atoms with Crippen molar-refractivity contribution in [3.05, 3.63) is 255 Å². The molecular formula is C68H42O. The molecule has 14 rings (SSSR count). The van der Waals surface area contributed by atoms with Crippen molar-refractivity contribution in [1.29, 1.82) is 0 Å². The first kappa shape index (κ1) is 39.2. The zero-order valence-electron chi connectivity index (χ0n) is 37.7. The summed E-state index contributed by atoms with van der Waals surface area (Å²) in [5.41, 5.74) is 16.5. The maximum Gasteiger partial charge on any atom is 0.135 e. The van der Waals surface area contributed by atoms with Gasteiger partial charge in [0.2, 0.25) is 0 Å². The Morgan fingerprint density at radius 3 is 1.13 bits per heavy atom. The van der Waals surface area contributed by atoms with Gasteiger partial charge in [0.05, 0.1) is 0 Å². The Morgan fingerprint density at radius 1 is 0.188 bits per heavy atom. The Balaban J connectivity index is 0.927. The van der Waals surface area contributed by atoms with Crippen LogP contribution in [0, 0.1) is 0 Å². The van der Waals surface area contributed by atoms with Gasteiger partial charge in [-0.05, 0) is 145 Å². The van der Waals surface area contributed by atoms with Crippen molar-refractivity contribution in [3.63, 3.8) is 0 Å². The van der Waals surface area contributed by atoms with E-state index >= 15 is 0 Å². The van der Waals surface area contributed by atoms with Crippen LogP contribution in [0.25, 0.3) is 143 Å². The maximum absolute atomic E-state index is 6.26. The van der Waals surface area contributed by atoms with E-state index in [0.29, 0.717) is 0 Å². The van der Waals surface area contributed by atoms with Crippen LogP contribution >= 0.6 is 0 Å². The van der Waals surface area contributed by atoms with Gasteiger partial charge in [-0.1, -0.05) is 231 Å². The molecule has 0 aliphatic carbocycles. The summed E-state index contributed by atoms with van der Waals surface area (Å²) in [5.74, 6) is 0. The summed E-state index contributed by atoms with van der Waals surface area (Å²) in [5, 5.41) is 14.7. The highest BCUT2D eigenvalue weighted by Gasteiger charge is 2.21. The van der Waals surface area contributed by atoms with Crippen molar-refractivity contribution in [1.82, 2.24) is 0 Å². The molecule has 13 aromatic carbocycles. The van der Waals surface area contributed by atoms with Gasteiger partial charge in [0, 0.05) is 10.8 Å². The lowest BCUT2D eigenvalue weighted by molar-refractivity contribution is 0.669. The van der Waals surface area contributed by atoms with Gasteiger partial charge in [-0.15, -0.1) is 0 Å². The van der Waals surface area contributed by atoms with Crippen molar-refractivity contribution in [2.45, 2.75) is 0 Å². The molecule has 0 amide bonds. The molecule has 0 aliphatic heterocycles. The van der Waals surface area contributed by atoms with E-state index in [0.717, 1.165) is 21.9 Å². The summed E-state index contributed by atoms with van der Waals surface area (Å²) in [6.45, 7) is 0. The third-order valence-corrected chi connectivity index (χ3v) is 14.4. The fraction of sp³-hybridized carbons (Fsp3) is 0. The molecule has 0 fully saturated rings. The predicted octanol–water partition coefficient (Wildman–Crippen LogP) is 19.4. The summed E-state index contributed by atoms with van der Waals surface area (Å²) in [6, 6.07) is 93.4. The van der Waals surface area contributed by atoms with E-state index in [1.54, 1.807) is 0 Å². The van der Waals surface area contributed by atoms with Crippen LogP contribution < -0.4 is 0 Å². The Bertz CT molecular complexity index is 4230. The lowest BCUT2D eigenvalue weighted by atomic mass is 9.84. The number of hydrogen-bond donors (Lipinski definition) is 0.